The van der Waals surface area contributed by atoms with E-state index >= 15 is 0 Å². The highest BCUT2D eigenvalue weighted by molar-refractivity contribution is 5.78. The first-order valence-electron chi connectivity index (χ1n) is 8.49. The molecule has 24 heavy (non-hydrogen) atoms. The fourth-order valence-electron chi connectivity index (χ4n) is 2.97. The van der Waals surface area contributed by atoms with Crippen LogP contribution in [0.2, 0.25) is 0 Å². The van der Waals surface area contributed by atoms with Crippen molar-refractivity contribution in [2.24, 2.45) is 0 Å². The molecule has 0 radical (unpaired) electrons. The molecule has 0 unspecified atom stereocenters. The van der Waals surface area contributed by atoms with Gasteiger partial charge in [-0.15, -0.1) is 0 Å². The minimum atomic E-state index is -0.139. The Morgan fingerprint density at radius 1 is 1.38 bits per heavy atom. The molecule has 0 spiro atoms. The summed E-state index contributed by atoms with van der Waals surface area (Å²) >= 11 is 0. The molecule has 1 aliphatic heterocycles. The average molecular weight is 329 g/mol. The summed E-state index contributed by atoms with van der Waals surface area (Å²) in [7, 11) is 0. The highest BCUT2D eigenvalue weighted by atomic mass is 16.5. The van der Waals surface area contributed by atoms with Crippen LogP contribution in [0.3, 0.4) is 0 Å². The van der Waals surface area contributed by atoms with Gasteiger partial charge >= 0.3 is 0 Å². The van der Waals surface area contributed by atoms with Gasteiger partial charge in [0.05, 0.1) is 0 Å². The summed E-state index contributed by atoms with van der Waals surface area (Å²) in [5.74, 6) is 1.92. The minimum Gasteiger partial charge on any atom is -0.484 e. The molecule has 1 saturated heterocycles. The standard InChI is InChI=1S/C18H23N3O3/c1-3-16-19-18(24-20-16)14-9-6-7-11-21(14)17(22)12-23-15-10-5-4-8-13(15)2/h4-5,8,10,14H,3,6-7,9,11-12H2,1-2H3/t14-/m1/s1. The van der Waals surface area contributed by atoms with E-state index in [4.69, 9.17) is 9.26 Å². The number of piperidine rings is 1. The maximum absolute atomic E-state index is 12.7. The molecule has 1 atom stereocenters. The van der Waals surface area contributed by atoms with Crippen LogP contribution >= 0.6 is 0 Å². The zero-order valence-electron chi connectivity index (χ0n) is 14.2. The number of hydrogen-bond acceptors (Lipinski definition) is 5. The van der Waals surface area contributed by atoms with Crippen LogP contribution in [-0.4, -0.2) is 34.1 Å². The predicted octanol–water partition coefficient (Wildman–Crippen LogP) is 3.07. The molecular formula is C18H23N3O3. The van der Waals surface area contributed by atoms with Gasteiger partial charge in [-0.3, -0.25) is 4.79 Å². The Labute approximate surface area is 141 Å². The molecule has 0 aliphatic carbocycles. The fraction of sp³-hybridized carbons (Fsp3) is 0.500. The number of aromatic nitrogens is 2. The van der Waals surface area contributed by atoms with E-state index in [1.165, 1.54) is 0 Å². The number of nitrogens with zero attached hydrogens (tertiary/aromatic N) is 3. The smallest absolute Gasteiger partial charge is 0.261 e. The normalized spacial score (nSPS) is 17.8. The molecule has 1 amide bonds. The summed E-state index contributed by atoms with van der Waals surface area (Å²) in [6.45, 7) is 4.67. The number of rotatable bonds is 5. The number of para-hydroxylation sites is 1. The lowest BCUT2D eigenvalue weighted by atomic mass is 10.0. The van der Waals surface area contributed by atoms with Crippen molar-refractivity contribution < 1.29 is 14.1 Å². The number of carbonyl (C=O) groups excluding carboxylic acids is 1. The molecule has 6 heteroatoms. The monoisotopic (exact) mass is 329 g/mol. The largest absolute Gasteiger partial charge is 0.484 e. The molecule has 0 bridgehead atoms. The molecule has 128 valence electrons. The second-order valence-electron chi connectivity index (χ2n) is 6.06. The quantitative estimate of drug-likeness (QED) is 0.843. The number of benzene rings is 1. The molecular weight excluding hydrogens is 306 g/mol. The first kappa shape index (κ1) is 16.5. The van der Waals surface area contributed by atoms with Crippen LogP contribution in [0.4, 0.5) is 0 Å². The maximum Gasteiger partial charge on any atom is 0.261 e. The molecule has 0 N–H and O–H groups in total. The van der Waals surface area contributed by atoms with Crippen molar-refractivity contribution in [1.29, 1.82) is 0 Å². The zero-order chi connectivity index (χ0) is 16.9. The van der Waals surface area contributed by atoms with Crippen LogP contribution in [0.5, 0.6) is 5.75 Å². The third-order valence-electron chi connectivity index (χ3n) is 4.35. The van der Waals surface area contributed by atoms with Gasteiger partial charge < -0.3 is 14.2 Å². The van der Waals surface area contributed by atoms with Gasteiger partial charge in [-0.1, -0.05) is 30.3 Å². The fourth-order valence-corrected chi connectivity index (χ4v) is 2.97. The third kappa shape index (κ3) is 3.58. The van der Waals surface area contributed by atoms with E-state index in [0.29, 0.717) is 18.3 Å². The molecule has 2 aromatic rings. The van der Waals surface area contributed by atoms with E-state index in [0.717, 1.165) is 37.0 Å². The maximum atomic E-state index is 12.7. The lowest BCUT2D eigenvalue weighted by molar-refractivity contribution is -0.138. The van der Waals surface area contributed by atoms with E-state index in [2.05, 4.69) is 10.1 Å². The van der Waals surface area contributed by atoms with Crippen molar-refractivity contribution in [3.05, 3.63) is 41.5 Å². The predicted molar refractivity (Wildman–Crippen MR) is 88.7 cm³/mol. The van der Waals surface area contributed by atoms with Crippen LogP contribution in [0, 0.1) is 6.92 Å². The lowest BCUT2D eigenvalue weighted by Crippen LogP contribution is -2.41. The van der Waals surface area contributed by atoms with E-state index in [-0.39, 0.29) is 18.6 Å². The van der Waals surface area contributed by atoms with Crippen molar-refractivity contribution in [2.75, 3.05) is 13.2 Å². The molecule has 1 aliphatic rings. The Bertz CT molecular complexity index is 698. The number of aryl methyl sites for hydroxylation is 2. The van der Waals surface area contributed by atoms with Crippen molar-refractivity contribution in [1.82, 2.24) is 15.0 Å². The molecule has 1 aromatic carbocycles. The number of hydrogen-bond donors (Lipinski definition) is 0. The van der Waals surface area contributed by atoms with Crippen molar-refractivity contribution in [3.63, 3.8) is 0 Å². The van der Waals surface area contributed by atoms with E-state index in [1.54, 1.807) is 0 Å². The average Bonchev–Trinajstić information content (AvgIpc) is 3.10. The van der Waals surface area contributed by atoms with E-state index in [1.807, 2.05) is 43.0 Å². The summed E-state index contributed by atoms with van der Waals surface area (Å²) in [5, 5.41) is 3.95. The number of ether oxygens (including phenoxy) is 1. The van der Waals surface area contributed by atoms with Crippen LogP contribution in [0.25, 0.3) is 0 Å². The summed E-state index contributed by atoms with van der Waals surface area (Å²) in [4.78, 5) is 18.9. The van der Waals surface area contributed by atoms with Crippen molar-refractivity contribution in [3.8, 4) is 5.75 Å². The van der Waals surface area contributed by atoms with E-state index < -0.39 is 0 Å². The van der Waals surface area contributed by atoms with Gasteiger partial charge in [0.15, 0.2) is 12.4 Å². The lowest BCUT2D eigenvalue weighted by Gasteiger charge is -2.33. The van der Waals surface area contributed by atoms with Gasteiger partial charge in [0, 0.05) is 13.0 Å². The summed E-state index contributed by atoms with van der Waals surface area (Å²) in [5.41, 5.74) is 1.02. The summed E-state index contributed by atoms with van der Waals surface area (Å²) in [6, 6.07) is 7.56. The van der Waals surface area contributed by atoms with E-state index in [9.17, 15) is 4.79 Å². The molecule has 1 fully saturated rings. The Morgan fingerprint density at radius 2 is 2.21 bits per heavy atom. The Morgan fingerprint density at radius 3 is 2.96 bits per heavy atom. The highest BCUT2D eigenvalue weighted by Gasteiger charge is 2.32. The highest BCUT2D eigenvalue weighted by Crippen LogP contribution is 2.30. The molecule has 3 rings (SSSR count). The van der Waals surface area contributed by atoms with Gasteiger partial charge in [-0.05, 0) is 37.8 Å². The first-order valence-corrected chi connectivity index (χ1v) is 8.49. The zero-order valence-corrected chi connectivity index (χ0v) is 14.2. The van der Waals surface area contributed by atoms with Gasteiger partial charge in [-0.2, -0.15) is 4.98 Å². The second kappa shape index (κ2) is 7.47. The van der Waals surface area contributed by atoms with Gasteiger partial charge in [0.2, 0.25) is 5.89 Å². The first-order chi connectivity index (χ1) is 11.7. The minimum absolute atomic E-state index is 0.0239. The van der Waals surface area contributed by atoms with Crippen LogP contribution in [-0.2, 0) is 11.2 Å². The van der Waals surface area contributed by atoms with Crippen LogP contribution in [0.1, 0.15) is 49.5 Å². The van der Waals surface area contributed by atoms with Crippen molar-refractivity contribution >= 4 is 5.91 Å². The molecule has 2 heterocycles. The number of likely N-dealkylation sites (tertiary alicyclic amines) is 1. The Hall–Kier alpha value is -2.37. The molecule has 6 nitrogen and oxygen atoms in total. The van der Waals surface area contributed by atoms with Crippen LogP contribution in [0.15, 0.2) is 28.8 Å². The Balaban J connectivity index is 1.68. The van der Waals surface area contributed by atoms with Gasteiger partial charge in [0.25, 0.3) is 5.91 Å². The Kier molecular flexibility index (Phi) is 5.13. The summed E-state index contributed by atoms with van der Waals surface area (Å²) in [6.07, 6.45) is 3.61. The van der Waals surface area contributed by atoms with Gasteiger partial charge in [-0.25, -0.2) is 0 Å². The van der Waals surface area contributed by atoms with Crippen LogP contribution < -0.4 is 4.74 Å². The topological polar surface area (TPSA) is 68.5 Å². The molecule has 0 saturated carbocycles. The van der Waals surface area contributed by atoms with Gasteiger partial charge in [0.1, 0.15) is 11.8 Å². The van der Waals surface area contributed by atoms with Crippen molar-refractivity contribution in [2.45, 2.75) is 45.6 Å². The number of carbonyl (C=O) groups is 1. The third-order valence-corrected chi connectivity index (χ3v) is 4.35. The SMILES string of the molecule is CCc1noc([C@H]2CCCCN2C(=O)COc2ccccc2C)n1. The summed E-state index contributed by atoms with van der Waals surface area (Å²) < 4.78 is 11.1. The second-order valence-corrected chi connectivity index (χ2v) is 6.06. The molecule has 1 aromatic heterocycles. The number of amides is 1.